The Morgan fingerprint density at radius 3 is 1.50 bits per heavy atom. The van der Waals surface area contributed by atoms with Gasteiger partial charge in [0.05, 0.1) is 0 Å². The van der Waals surface area contributed by atoms with Crippen LogP contribution in [0, 0.1) is 0 Å². The summed E-state index contributed by atoms with van der Waals surface area (Å²) in [5, 5.41) is 0. The average molecular weight is 170 g/mol. The van der Waals surface area contributed by atoms with Gasteiger partial charge in [0.1, 0.15) is 0 Å². The van der Waals surface area contributed by atoms with E-state index in [0.717, 1.165) is 0 Å². The van der Waals surface area contributed by atoms with E-state index in [1.54, 1.807) is 0 Å². The van der Waals surface area contributed by atoms with E-state index in [4.69, 9.17) is 17.0 Å². The molecule has 0 aromatic heterocycles. The van der Waals surface area contributed by atoms with Crippen molar-refractivity contribution in [3.05, 3.63) is 0 Å². The van der Waals surface area contributed by atoms with Gasteiger partial charge in [0.15, 0.2) is 0 Å². The maximum atomic E-state index is 8.61. The zero-order chi connectivity index (χ0) is 5.41. The molecule has 0 atom stereocenters. The molecule has 0 spiro atoms. The Hall–Kier alpha value is 0.0429. The van der Waals surface area contributed by atoms with Gasteiger partial charge in [0.2, 0.25) is 0 Å². The van der Waals surface area contributed by atoms with E-state index in [1.807, 2.05) is 0 Å². The predicted octanol–water partition coefficient (Wildman–Crippen LogP) is -0.701. The molecule has 0 fully saturated rings. The van der Waals surface area contributed by atoms with Gasteiger partial charge in [0, 0.05) is 0 Å². The summed E-state index contributed by atoms with van der Waals surface area (Å²) in [5.41, 5.74) is 0. The Morgan fingerprint density at radius 1 is 1.50 bits per heavy atom. The molecule has 0 saturated heterocycles. The van der Waals surface area contributed by atoms with E-state index >= 15 is 0 Å². The van der Waals surface area contributed by atoms with Crippen molar-refractivity contribution in [2.75, 3.05) is 0 Å². The van der Waals surface area contributed by atoms with Crippen LogP contribution in [0.4, 0.5) is 0 Å². The molecule has 6 heteroatoms. The van der Waals surface area contributed by atoms with Crippen LogP contribution in [0.2, 0.25) is 0 Å². The van der Waals surface area contributed by atoms with E-state index in [0.29, 0.717) is 0 Å². The summed E-state index contributed by atoms with van der Waals surface area (Å²) in [6, 6.07) is 0. The fourth-order valence-electron chi connectivity index (χ4n) is 0. The molecule has 0 aromatic rings. The average Bonchev–Trinajstić information content (AvgIpc) is 1.39. The Balaban J connectivity index is 0. The monoisotopic (exact) mass is 171 g/mol. The number of hydrogen-bond donors (Lipinski definition) is 1. The van der Waals surface area contributed by atoms with E-state index in [9.17, 15) is 0 Å². The molecule has 1 radical (unpaired) electrons. The molecule has 0 unspecified atom stereocenters. The molecule has 0 bridgehead atoms. The van der Waals surface area contributed by atoms with Crippen LogP contribution in [-0.2, 0) is 12.9 Å². The molecule has 0 amide bonds. The summed E-state index contributed by atoms with van der Waals surface area (Å²) < 4.78 is 32.6. The first-order valence-corrected chi connectivity index (χ1v) is 3.45. The van der Waals surface area contributed by atoms with Gasteiger partial charge >= 0.3 is 32.0 Å². The Labute approximate surface area is 41.8 Å². The normalized spacial score (nSPS) is 4.00. The zero-order valence-electron chi connectivity index (χ0n) is 2.67. The Bertz CT molecular complexity index is 52.6. The van der Waals surface area contributed by atoms with Gasteiger partial charge in [-0.05, 0) is 0 Å². The van der Waals surface area contributed by atoms with E-state index in [1.165, 1.54) is 0 Å². The second kappa shape index (κ2) is 19.8. The van der Waals surface area contributed by atoms with Crippen molar-refractivity contribution < 1.29 is 17.0 Å². The third-order valence-electron chi connectivity index (χ3n) is 0. The van der Waals surface area contributed by atoms with Crippen molar-refractivity contribution in [2.24, 2.45) is 0 Å². The van der Waals surface area contributed by atoms with Gasteiger partial charge in [-0.25, -0.2) is 9.13 Å². The molecular weight excluding hydrogens is 168 g/mol. The van der Waals surface area contributed by atoms with Crippen molar-refractivity contribution >= 4 is 24.0 Å². The molecule has 1 N–H and O–H groups in total. The first-order valence-electron chi connectivity index (χ1n) is 0.836. The summed E-state index contributed by atoms with van der Waals surface area (Å²) in [7, 11) is -1.42. The molecule has 4 nitrogen and oxygen atoms in total. The quantitative estimate of drug-likeness (QED) is 0.385. The minimum absolute atomic E-state index is 1.42. The Kier molecular flexibility index (Phi) is 30.9. The van der Waals surface area contributed by atoms with Gasteiger partial charge < -0.3 is 0 Å². The van der Waals surface area contributed by atoms with E-state index in [-0.39, 0.29) is 0 Å². The van der Waals surface area contributed by atoms with Crippen LogP contribution in [0.15, 0.2) is 0 Å². The number of hydrogen-bond acceptors (Lipinski definition) is 3. The van der Waals surface area contributed by atoms with Crippen molar-refractivity contribution in [2.45, 2.75) is 0 Å². The van der Waals surface area contributed by atoms with Crippen molar-refractivity contribution in [1.82, 2.24) is 0 Å². The van der Waals surface area contributed by atoms with Crippen molar-refractivity contribution in [3.8, 4) is 0 Å². The van der Waals surface area contributed by atoms with Gasteiger partial charge in [0.25, 0.3) is 0 Å². The van der Waals surface area contributed by atoms with Crippen LogP contribution >= 0.6 is 8.34 Å². The summed E-state index contributed by atoms with van der Waals surface area (Å²) in [4.78, 5) is 0. The second-order valence-electron chi connectivity index (χ2n) is 0.175. The first kappa shape index (κ1) is 9.40. The third kappa shape index (κ3) is 20400. The van der Waals surface area contributed by atoms with Gasteiger partial charge in [-0.3, -0.25) is 0 Å². The molecule has 35 valence electrons. The van der Waals surface area contributed by atoms with Crippen LogP contribution in [0.3, 0.4) is 0 Å². The van der Waals surface area contributed by atoms with Crippen LogP contribution in [0.5, 0.6) is 0 Å². The maximum absolute atomic E-state index is 8.61. The van der Waals surface area contributed by atoms with Crippen LogP contribution in [0.25, 0.3) is 0 Å². The van der Waals surface area contributed by atoms with E-state index in [2.05, 4.69) is 0 Å². The summed E-state index contributed by atoms with van der Waals surface area (Å²) >= 11 is -1.75. The molecular formula is H2GeO4P. The second-order valence-corrected chi connectivity index (χ2v) is 0.724. The zero-order valence-corrected chi connectivity index (χ0v) is 5.77. The number of rotatable bonds is 0. The SMILES string of the molecule is O=[PH]=O.[O]=[Ge][OH]. The van der Waals surface area contributed by atoms with Gasteiger partial charge in [-0.15, -0.1) is 0 Å². The molecule has 6 heavy (non-hydrogen) atoms. The van der Waals surface area contributed by atoms with Gasteiger partial charge in [-0.2, -0.15) is 0 Å². The first-order chi connectivity index (χ1) is 2.83. The van der Waals surface area contributed by atoms with Crippen LogP contribution in [-0.4, -0.2) is 19.8 Å². The standard InChI is InChI=1S/GeHO2.HO2P/c2-1-3;1-3-2/h2H;3H. The fourth-order valence-corrected chi connectivity index (χ4v) is 0. The van der Waals surface area contributed by atoms with E-state index < -0.39 is 24.0 Å². The molecule has 0 rings (SSSR count). The molecule has 0 aromatic carbocycles. The van der Waals surface area contributed by atoms with Crippen LogP contribution in [0.1, 0.15) is 0 Å². The fraction of sp³-hybridized carbons (Fsp3) is 0. The Morgan fingerprint density at radius 2 is 1.50 bits per heavy atom. The predicted molar refractivity (Wildman–Crippen MR) is 18.3 cm³/mol. The summed E-state index contributed by atoms with van der Waals surface area (Å²) in [6.45, 7) is 0. The summed E-state index contributed by atoms with van der Waals surface area (Å²) in [5.74, 6) is 0. The van der Waals surface area contributed by atoms with Crippen molar-refractivity contribution in [1.29, 1.82) is 0 Å². The molecule has 0 aliphatic heterocycles. The summed E-state index contributed by atoms with van der Waals surface area (Å²) in [6.07, 6.45) is 0. The van der Waals surface area contributed by atoms with Crippen molar-refractivity contribution in [3.63, 3.8) is 0 Å². The van der Waals surface area contributed by atoms with Crippen LogP contribution < -0.4 is 0 Å². The third-order valence-corrected chi connectivity index (χ3v) is 0. The molecule has 0 saturated carbocycles. The molecule has 0 aliphatic rings. The molecule has 0 heterocycles. The molecule has 0 aliphatic carbocycles. The topological polar surface area (TPSA) is 71.4 Å². The minimum atomic E-state index is -1.75. The van der Waals surface area contributed by atoms with Gasteiger partial charge in [-0.1, -0.05) is 0 Å².